The monoisotopic (exact) mass is 366 g/mol. The van der Waals surface area contributed by atoms with E-state index in [1.54, 1.807) is 0 Å². The van der Waals surface area contributed by atoms with Gasteiger partial charge in [0.2, 0.25) is 13.8 Å². The van der Waals surface area contributed by atoms with Gasteiger partial charge in [-0.3, -0.25) is 0 Å². The Morgan fingerprint density at radius 1 is 0.591 bits per heavy atom. The maximum absolute atomic E-state index is 7.50. The molecule has 2 aromatic carbocycles. The highest BCUT2D eigenvalue weighted by Gasteiger charge is 2.60. The summed E-state index contributed by atoms with van der Waals surface area (Å²) in [6, 6.07) is 21.1. The molecular formula is C18H24Cl2Si2. The van der Waals surface area contributed by atoms with Crippen LogP contribution in [0.1, 0.15) is 27.7 Å². The first kappa shape index (κ1) is 17.8. The van der Waals surface area contributed by atoms with Crippen molar-refractivity contribution in [1.82, 2.24) is 0 Å². The lowest BCUT2D eigenvalue weighted by Gasteiger charge is -2.44. The normalized spacial score (nSPS) is 17.3. The fourth-order valence-electron chi connectivity index (χ4n) is 3.29. The van der Waals surface area contributed by atoms with Crippen LogP contribution in [-0.4, -0.2) is 13.8 Å². The maximum atomic E-state index is 7.50. The van der Waals surface area contributed by atoms with Gasteiger partial charge in [-0.2, -0.15) is 22.2 Å². The highest BCUT2D eigenvalue weighted by atomic mass is 35.6. The zero-order chi connectivity index (χ0) is 16.4. The molecule has 0 aromatic heterocycles. The molecule has 0 aliphatic carbocycles. The number of hydrogen-bond acceptors (Lipinski definition) is 0. The van der Waals surface area contributed by atoms with Crippen LogP contribution in [0.2, 0.25) is 11.1 Å². The molecule has 0 spiro atoms. The molecule has 0 saturated heterocycles. The summed E-state index contributed by atoms with van der Waals surface area (Å²) >= 11 is 15.0. The summed E-state index contributed by atoms with van der Waals surface area (Å²) < 4.78 is 0. The van der Waals surface area contributed by atoms with Crippen molar-refractivity contribution in [3.63, 3.8) is 0 Å². The van der Waals surface area contributed by atoms with Crippen LogP contribution in [0.25, 0.3) is 0 Å². The second-order valence-electron chi connectivity index (χ2n) is 6.46. The summed E-state index contributed by atoms with van der Waals surface area (Å²) in [5, 5.41) is 2.54. The summed E-state index contributed by atoms with van der Waals surface area (Å²) in [5.41, 5.74) is 0.756. The molecule has 0 fully saturated rings. The second kappa shape index (κ2) is 6.92. The molecule has 118 valence electrons. The third kappa shape index (κ3) is 2.82. The van der Waals surface area contributed by atoms with E-state index in [0.717, 1.165) is 0 Å². The van der Waals surface area contributed by atoms with Crippen molar-refractivity contribution < 1.29 is 0 Å². The molecule has 0 aliphatic rings. The van der Waals surface area contributed by atoms with Gasteiger partial charge >= 0.3 is 0 Å². The van der Waals surface area contributed by atoms with E-state index in [2.05, 4.69) is 76.2 Å². The van der Waals surface area contributed by atoms with Crippen LogP contribution < -0.4 is 10.4 Å². The van der Waals surface area contributed by atoms with Gasteiger partial charge in [-0.05, 0) is 21.5 Å². The molecule has 0 radical (unpaired) electrons. The average Bonchev–Trinajstić information content (AvgIpc) is 2.54. The van der Waals surface area contributed by atoms with Crippen LogP contribution in [0, 0.1) is 0 Å². The number of hydrogen-bond donors (Lipinski definition) is 0. The van der Waals surface area contributed by atoms with E-state index in [4.69, 9.17) is 22.2 Å². The van der Waals surface area contributed by atoms with Crippen molar-refractivity contribution >= 4 is 46.3 Å². The van der Waals surface area contributed by atoms with E-state index in [0.29, 0.717) is 11.1 Å². The Kier molecular flexibility index (Phi) is 5.60. The lowest BCUT2D eigenvalue weighted by molar-refractivity contribution is 1.02. The quantitative estimate of drug-likeness (QED) is 0.511. The molecule has 0 aliphatic heterocycles. The molecule has 0 nitrogen and oxygen atoms in total. The number of rotatable bonds is 5. The van der Waals surface area contributed by atoms with Gasteiger partial charge in [-0.25, -0.2) is 0 Å². The lowest BCUT2D eigenvalue weighted by atomic mass is 10.4. The Bertz CT molecular complexity index is 545. The SMILES string of the molecule is CC(C)[Si](Cl)(c1ccccc1)[Si](Cl)(c1ccccc1)C(C)C. The van der Waals surface area contributed by atoms with Crippen molar-refractivity contribution in [2.45, 2.75) is 38.8 Å². The Labute approximate surface area is 145 Å². The highest BCUT2D eigenvalue weighted by molar-refractivity contribution is 7.78. The molecule has 2 aromatic rings. The van der Waals surface area contributed by atoms with Gasteiger partial charge < -0.3 is 0 Å². The first-order valence-corrected chi connectivity index (χ1v) is 15.0. The van der Waals surface area contributed by atoms with Gasteiger partial charge in [0.1, 0.15) is 0 Å². The fourth-order valence-corrected chi connectivity index (χ4v) is 23.7. The molecule has 4 heteroatoms. The molecule has 22 heavy (non-hydrogen) atoms. The van der Waals surface area contributed by atoms with Crippen molar-refractivity contribution in [3.05, 3.63) is 60.7 Å². The third-order valence-electron chi connectivity index (χ3n) is 4.51. The smallest absolute Gasteiger partial charge is 0.162 e. The molecule has 2 unspecified atom stereocenters. The Morgan fingerprint density at radius 3 is 1.09 bits per heavy atom. The number of benzene rings is 2. The molecule has 2 atom stereocenters. The van der Waals surface area contributed by atoms with E-state index in [1.165, 1.54) is 10.4 Å². The lowest BCUT2D eigenvalue weighted by Crippen LogP contribution is -2.72. The predicted molar refractivity (Wildman–Crippen MR) is 106 cm³/mol. The van der Waals surface area contributed by atoms with Gasteiger partial charge in [0.05, 0.1) is 0 Å². The van der Waals surface area contributed by atoms with Gasteiger partial charge in [-0.15, -0.1) is 0 Å². The largest absolute Gasteiger partial charge is 0.202 e. The zero-order valence-electron chi connectivity index (χ0n) is 13.7. The summed E-state index contributed by atoms with van der Waals surface area (Å²) in [6.45, 7) is 4.18. The van der Waals surface area contributed by atoms with Gasteiger partial charge in [0.25, 0.3) is 0 Å². The van der Waals surface area contributed by atoms with Crippen LogP contribution in [0.4, 0.5) is 0 Å². The minimum Gasteiger partial charge on any atom is -0.162 e. The minimum atomic E-state index is -2.38. The van der Waals surface area contributed by atoms with E-state index in [9.17, 15) is 0 Å². The van der Waals surface area contributed by atoms with Gasteiger partial charge in [0, 0.05) is 0 Å². The summed E-state index contributed by atoms with van der Waals surface area (Å²) in [6.07, 6.45) is 0. The Balaban J connectivity index is 2.72. The molecule has 2 rings (SSSR count). The van der Waals surface area contributed by atoms with E-state index < -0.39 is 13.8 Å². The van der Waals surface area contributed by atoms with E-state index in [-0.39, 0.29) is 0 Å². The molecule has 0 bridgehead atoms. The van der Waals surface area contributed by atoms with Crippen molar-refractivity contribution in [2.24, 2.45) is 0 Å². The predicted octanol–water partition coefficient (Wildman–Crippen LogP) is 5.07. The molecule has 0 amide bonds. The molecule has 0 heterocycles. The van der Waals surface area contributed by atoms with Crippen LogP contribution >= 0.6 is 22.2 Å². The summed E-state index contributed by atoms with van der Waals surface area (Å²) in [5.74, 6) is 0. The third-order valence-corrected chi connectivity index (χ3v) is 29.6. The average molecular weight is 367 g/mol. The minimum absolute atomic E-state index is 0.378. The van der Waals surface area contributed by atoms with Crippen LogP contribution in [0.15, 0.2) is 60.7 Å². The topological polar surface area (TPSA) is 0 Å². The maximum Gasteiger partial charge on any atom is 0.202 e. The summed E-state index contributed by atoms with van der Waals surface area (Å²) in [7, 11) is 0. The molecule has 0 saturated carbocycles. The highest BCUT2D eigenvalue weighted by Crippen LogP contribution is 2.42. The summed E-state index contributed by atoms with van der Waals surface area (Å²) in [4.78, 5) is 0. The standard InChI is InChI=1S/C18H24Cl2Si2/c1-15(2)21(19,17-11-7-5-8-12-17)22(20,16(3)4)18-13-9-6-10-14-18/h5-16H,1-4H3. The molecule has 0 N–H and O–H groups in total. The Morgan fingerprint density at radius 2 is 0.864 bits per heavy atom. The van der Waals surface area contributed by atoms with E-state index >= 15 is 0 Å². The zero-order valence-corrected chi connectivity index (χ0v) is 17.2. The van der Waals surface area contributed by atoms with E-state index in [1.807, 2.05) is 12.1 Å². The van der Waals surface area contributed by atoms with Crippen LogP contribution in [0.3, 0.4) is 0 Å². The first-order chi connectivity index (χ1) is 10.3. The number of halogens is 2. The second-order valence-corrected chi connectivity index (χ2v) is 23.0. The van der Waals surface area contributed by atoms with Crippen molar-refractivity contribution in [1.29, 1.82) is 0 Å². The first-order valence-electron chi connectivity index (χ1n) is 7.84. The van der Waals surface area contributed by atoms with Crippen molar-refractivity contribution in [2.75, 3.05) is 0 Å². The van der Waals surface area contributed by atoms with Crippen LogP contribution in [0.5, 0.6) is 0 Å². The van der Waals surface area contributed by atoms with Gasteiger partial charge in [0.15, 0.2) is 0 Å². The van der Waals surface area contributed by atoms with Crippen LogP contribution in [-0.2, 0) is 0 Å². The fraction of sp³-hybridized carbons (Fsp3) is 0.333. The Hall–Kier alpha value is -0.546. The molecular weight excluding hydrogens is 343 g/mol. The van der Waals surface area contributed by atoms with Crippen molar-refractivity contribution in [3.8, 4) is 0 Å². The van der Waals surface area contributed by atoms with Gasteiger partial charge in [-0.1, -0.05) is 88.4 Å².